The average molecular weight is 246 g/mol. The summed E-state index contributed by atoms with van der Waals surface area (Å²) in [7, 11) is 1.52. The summed E-state index contributed by atoms with van der Waals surface area (Å²) < 4.78 is 0.0535. The summed E-state index contributed by atoms with van der Waals surface area (Å²) in [5.41, 5.74) is 0. The molecular formula is C10H18N2O3S. The molecule has 2 amide bonds. The van der Waals surface area contributed by atoms with Gasteiger partial charge >= 0.3 is 12.0 Å². The molecule has 92 valence electrons. The Morgan fingerprint density at radius 2 is 2.12 bits per heavy atom. The maximum atomic E-state index is 11.9. The van der Waals surface area contributed by atoms with Crippen LogP contribution in [0, 0.1) is 0 Å². The van der Waals surface area contributed by atoms with E-state index in [9.17, 15) is 9.59 Å². The third-order valence-corrected chi connectivity index (χ3v) is 3.69. The number of carbonyl (C=O) groups excluding carboxylic acids is 1. The van der Waals surface area contributed by atoms with E-state index < -0.39 is 5.97 Å². The number of aliphatic carboxylic acids is 1. The van der Waals surface area contributed by atoms with Gasteiger partial charge in [0.25, 0.3) is 0 Å². The maximum absolute atomic E-state index is 11.9. The number of carboxylic acids is 1. The van der Waals surface area contributed by atoms with Crippen LogP contribution in [0.3, 0.4) is 0 Å². The fraction of sp³-hybridized carbons (Fsp3) is 0.800. The molecule has 1 rings (SSSR count). The fourth-order valence-electron chi connectivity index (χ4n) is 1.69. The van der Waals surface area contributed by atoms with Crippen molar-refractivity contribution in [2.24, 2.45) is 0 Å². The van der Waals surface area contributed by atoms with Crippen molar-refractivity contribution in [3.63, 3.8) is 0 Å². The summed E-state index contributed by atoms with van der Waals surface area (Å²) in [6.07, 6.45) is 0. The number of carboxylic acid groups (broad SMARTS) is 1. The molecule has 5 nitrogen and oxygen atoms in total. The molecule has 1 fully saturated rings. The Hall–Kier alpha value is -0.910. The van der Waals surface area contributed by atoms with E-state index in [0.29, 0.717) is 13.1 Å². The van der Waals surface area contributed by atoms with Crippen LogP contribution in [-0.2, 0) is 4.79 Å². The lowest BCUT2D eigenvalue weighted by Crippen LogP contribution is -2.51. The van der Waals surface area contributed by atoms with Gasteiger partial charge in [-0.2, -0.15) is 11.8 Å². The molecule has 1 aliphatic heterocycles. The Kier molecular flexibility index (Phi) is 4.07. The summed E-state index contributed by atoms with van der Waals surface area (Å²) in [5.74, 6) is -0.0823. The lowest BCUT2D eigenvalue weighted by atomic mass is 10.2. The zero-order valence-electron chi connectivity index (χ0n) is 9.89. The normalized spacial score (nSPS) is 19.3. The van der Waals surface area contributed by atoms with Crippen LogP contribution in [0.5, 0.6) is 0 Å². The monoisotopic (exact) mass is 246 g/mol. The van der Waals surface area contributed by atoms with Crippen molar-refractivity contribution in [3.05, 3.63) is 0 Å². The van der Waals surface area contributed by atoms with Gasteiger partial charge in [-0.25, -0.2) is 4.79 Å². The first kappa shape index (κ1) is 13.2. The SMILES string of the molecule is CN(CC(=O)O)C(=O)N1CCSC(C)(C)C1. The standard InChI is InChI=1S/C10H18N2O3S/c1-10(2)7-12(4-5-16-10)9(15)11(3)6-8(13)14/h4-7H2,1-3H3,(H,13,14). The first-order valence-corrected chi connectivity index (χ1v) is 6.16. The van der Waals surface area contributed by atoms with Crippen LogP contribution in [0.2, 0.25) is 0 Å². The molecule has 0 unspecified atom stereocenters. The first-order chi connectivity index (χ1) is 7.32. The molecule has 1 heterocycles. The van der Waals surface area contributed by atoms with Gasteiger partial charge in [0.2, 0.25) is 0 Å². The van der Waals surface area contributed by atoms with E-state index in [0.717, 1.165) is 5.75 Å². The van der Waals surface area contributed by atoms with Gasteiger partial charge < -0.3 is 14.9 Å². The van der Waals surface area contributed by atoms with Crippen LogP contribution in [0.15, 0.2) is 0 Å². The highest BCUT2D eigenvalue weighted by Crippen LogP contribution is 2.29. The zero-order valence-corrected chi connectivity index (χ0v) is 10.7. The molecule has 16 heavy (non-hydrogen) atoms. The van der Waals surface area contributed by atoms with Crippen LogP contribution in [0.1, 0.15) is 13.8 Å². The second-order valence-electron chi connectivity index (χ2n) is 4.56. The highest BCUT2D eigenvalue weighted by molar-refractivity contribution is 8.00. The smallest absolute Gasteiger partial charge is 0.323 e. The van der Waals surface area contributed by atoms with Crippen LogP contribution >= 0.6 is 11.8 Å². The second kappa shape index (κ2) is 4.95. The van der Waals surface area contributed by atoms with E-state index in [1.165, 1.54) is 11.9 Å². The molecule has 0 spiro atoms. The largest absolute Gasteiger partial charge is 0.480 e. The number of thioether (sulfide) groups is 1. The average Bonchev–Trinajstić information content (AvgIpc) is 2.13. The van der Waals surface area contributed by atoms with Crippen molar-refractivity contribution >= 4 is 23.8 Å². The molecular weight excluding hydrogens is 228 g/mol. The van der Waals surface area contributed by atoms with Gasteiger partial charge in [0.1, 0.15) is 6.54 Å². The predicted molar refractivity (Wildman–Crippen MR) is 63.8 cm³/mol. The number of rotatable bonds is 2. The minimum atomic E-state index is -0.985. The van der Waals surface area contributed by atoms with Gasteiger partial charge in [-0.1, -0.05) is 0 Å². The third-order valence-electron chi connectivity index (χ3n) is 2.40. The Morgan fingerprint density at radius 1 is 1.50 bits per heavy atom. The number of amides is 2. The number of nitrogens with zero attached hydrogens (tertiary/aromatic N) is 2. The molecule has 0 radical (unpaired) electrons. The van der Waals surface area contributed by atoms with Crippen molar-refractivity contribution in [2.45, 2.75) is 18.6 Å². The maximum Gasteiger partial charge on any atom is 0.323 e. The molecule has 0 aromatic rings. The molecule has 1 saturated heterocycles. The number of hydrogen-bond donors (Lipinski definition) is 1. The molecule has 0 aromatic heterocycles. The van der Waals surface area contributed by atoms with Crippen LogP contribution in [0.25, 0.3) is 0 Å². The minimum Gasteiger partial charge on any atom is -0.480 e. The number of urea groups is 1. The Morgan fingerprint density at radius 3 is 2.62 bits per heavy atom. The number of hydrogen-bond acceptors (Lipinski definition) is 3. The topological polar surface area (TPSA) is 60.9 Å². The Bertz CT molecular complexity index is 294. The van der Waals surface area contributed by atoms with E-state index in [-0.39, 0.29) is 17.3 Å². The highest BCUT2D eigenvalue weighted by atomic mass is 32.2. The van der Waals surface area contributed by atoms with Crippen molar-refractivity contribution in [3.8, 4) is 0 Å². The molecule has 6 heteroatoms. The van der Waals surface area contributed by atoms with E-state index in [1.807, 2.05) is 11.8 Å². The van der Waals surface area contributed by atoms with Crippen molar-refractivity contribution in [1.82, 2.24) is 9.80 Å². The van der Waals surface area contributed by atoms with Gasteiger partial charge in [-0.15, -0.1) is 0 Å². The van der Waals surface area contributed by atoms with Crippen molar-refractivity contribution in [2.75, 3.05) is 32.4 Å². The van der Waals surface area contributed by atoms with Crippen molar-refractivity contribution in [1.29, 1.82) is 0 Å². The molecule has 0 atom stereocenters. The van der Waals surface area contributed by atoms with Crippen LogP contribution in [0.4, 0.5) is 4.79 Å². The highest BCUT2D eigenvalue weighted by Gasteiger charge is 2.31. The predicted octanol–water partition coefficient (Wildman–Crippen LogP) is 0.950. The minimum absolute atomic E-state index is 0.0535. The Labute approximate surface area is 99.8 Å². The van der Waals surface area contributed by atoms with Gasteiger partial charge in [0.05, 0.1) is 0 Å². The van der Waals surface area contributed by atoms with Crippen molar-refractivity contribution < 1.29 is 14.7 Å². The molecule has 0 saturated carbocycles. The van der Waals surface area contributed by atoms with E-state index in [1.54, 1.807) is 4.90 Å². The van der Waals surface area contributed by atoms with Gasteiger partial charge in [-0.05, 0) is 13.8 Å². The van der Waals surface area contributed by atoms with Crippen LogP contribution in [-0.4, -0.2) is 64.1 Å². The van der Waals surface area contributed by atoms with E-state index in [4.69, 9.17) is 5.11 Å². The van der Waals surface area contributed by atoms with Crippen LogP contribution < -0.4 is 0 Å². The van der Waals surface area contributed by atoms with Gasteiger partial charge in [0, 0.05) is 30.6 Å². The number of carbonyl (C=O) groups is 2. The molecule has 0 aromatic carbocycles. The summed E-state index contributed by atoms with van der Waals surface area (Å²) >= 11 is 1.84. The molecule has 0 bridgehead atoms. The molecule has 1 N–H and O–H groups in total. The summed E-state index contributed by atoms with van der Waals surface area (Å²) in [6, 6.07) is -0.198. The third kappa shape index (κ3) is 3.59. The summed E-state index contributed by atoms with van der Waals surface area (Å²) in [6.45, 7) is 5.29. The second-order valence-corrected chi connectivity index (χ2v) is 6.36. The number of likely N-dealkylation sites (N-methyl/N-ethyl adjacent to an activating group) is 1. The first-order valence-electron chi connectivity index (χ1n) is 5.17. The fourth-order valence-corrected chi connectivity index (χ4v) is 2.80. The van der Waals surface area contributed by atoms with Gasteiger partial charge in [-0.3, -0.25) is 4.79 Å². The van der Waals surface area contributed by atoms with E-state index in [2.05, 4.69) is 13.8 Å². The van der Waals surface area contributed by atoms with Gasteiger partial charge in [0.15, 0.2) is 0 Å². The molecule has 1 aliphatic rings. The quantitative estimate of drug-likeness (QED) is 0.788. The molecule has 0 aliphatic carbocycles. The summed E-state index contributed by atoms with van der Waals surface area (Å²) in [5, 5.41) is 8.62. The Balaban J connectivity index is 2.56. The van der Waals surface area contributed by atoms with E-state index >= 15 is 0 Å². The zero-order chi connectivity index (χ0) is 12.3. The summed E-state index contributed by atoms with van der Waals surface area (Å²) in [4.78, 5) is 25.4. The lowest BCUT2D eigenvalue weighted by Gasteiger charge is -2.38. The lowest BCUT2D eigenvalue weighted by molar-refractivity contribution is -0.137.